The van der Waals surface area contributed by atoms with Gasteiger partial charge in [0.05, 0.1) is 0 Å². The topological polar surface area (TPSA) is 70.6 Å². The molecule has 0 unspecified atom stereocenters. The van der Waals surface area contributed by atoms with Crippen LogP contribution in [0, 0.1) is 0 Å². The average molecular weight is 190 g/mol. The summed E-state index contributed by atoms with van der Waals surface area (Å²) in [4.78, 5) is 11.0. The third-order valence-corrected chi connectivity index (χ3v) is 1.38. The van der Waals surface area contributed by atoms with Crippen LogP contribution in [0.5, 0.6) is 0 Å². The second-order valence-corrected chi connectivity index (χ2v) is 2.58. The van der Waals surface area contributed by atoms with Crippen molar-refractivity contribution in [1.82, 2.24) is 10.6 Å². The molecule has 5 heteroatoms. The molecule has 78 valence electrons. The monoisotopic (exact) mass is 190 g/mol. The normalized spacial score (nSPS) is 10.0. The summed E-state index contributed by atoms with van der Waals surface area (Å²) in [5.74, 6) is -0.117. The number of hydrogen-bond acceptors (Lipinski definition) is 4. The Labute approximate surface area is 78.5 Å². The van der Waals surface area contributed by atoms with E-state index in [4.69, 9.17) is 9.84 Å². The maximum atomic E-state index is 11.0. The zero-order valence-electron chi connectivity index (χ0n) is 8.01. The lowest BCUT2D eigenvalue weighted by molar-refractivity contribution is -0.125. The third kappa shape index (κ3) is 9.26. The van der Waals surface area contributed by atoms with Crippen LogP contribution in [-0.4, -0.2) is 51.0 Å². The number of rotatable bonds is 8. The van der Waals surface area contributed by atoms with Gasteiger partial charge in [-0.2, -0.15) is 0 Å². The van der Waals surface area contributed by atoms with Crippen molar-refractivity contribution in [2.24, 2.45) is 0 Å². The van der Waals surface area contributed by atoms with Gasteiger partial charge >= 0.3 is 0 Å². The van der Waals surface area contributed by atoms with E-state index in [9.17, 15) is 4.79 Å². The number of nitrogens with one attached hydrogen (secondary N) is 2. The lowest BCUT2D eigenvalue weighted by atomic mass is 10.5. The summed E-state index contributed by atoms with van der Waals surface area (Å²) in [6.45, 7) is 1.96. The summed E-state index contributed by atoms with van der Waals surface area (Å²) in [5.41, 5.74) is 0. The van der Waals surface area contributed by atoms with Gasteiger partial charge in [-0.1, -0.05) is 0 Å². The van der Waals surface area contributed by atoms with Gasteiger partial charge in [0.15, 0.2) is 0 Å². The fraction of sp³-hybridized carbons (Fsp3) is 0.875. The van der Waals surface area contributed by atoms with Crippen molar-refractivity contribution in [2.45, 2.75) is 6.42 Å². The van der Waals surface area contributed by atoms with Crippen molar-refractivity contribution in [1.29, 1.82) is 0 Å². The Morgan fingerprint density at radius 1 is 1.46 bits per heavy atom. The number of ether oxygens (including phenoxy) is 1. The summed E-state index contributed by atoms with van der Waals surface area (Å²) in [6.07, 6.45) is 0.573. The number of carbonyl (C=O) groups is 1. The van der Waals surface area contributed by atoms with E-state index < -0.39 is 0 Å². The van der Waals surface area contributed by atoms with E-state index in [1.54, 1.807) is 0 Å². The zero-order valence-corrected chi connectivity index (χ0v) is 8.01. The molecule has 0 heterocycles. The van der Waals surface area contributed by atoms with E-state index in [1.165, 1.54) is 0 Å². The average Bonchev–Trinajstić information content (AvgIpc) is 2.13. The predicted octanol–water partition coefficient (Wildman–Crippen LogP) is -1.28. The first-order chi connectivity index (χ1) is 6.31. The van der Waals surface area contributed by atoms with Gasteiger partial charge in [-0.25, -0.2) is 0 Å². The molecule has 0 aromatic carbocycles. The Kier molecular flexibility index (Phi) is 8.97. The van der Waals surface area contributed by atoms with Crippen molar-refractivity contribution in [3.63, 3.8) is 0 Å². The first-order valence-electron chi connectivity index (χ1n) is 4.41. The molecule has 0 aromatic heterocycles. The summed E-state index contributed by atoms with van der Waals surface area (Å²) in [5, 5.41) is 14.0. The molecule has 0 saturated heterocycles. The summed E-state index contributed by atoms with van der Waals surface area (Å²) in [7, 11) is 1.82. The van der Waals surface area contributed by atoms with Crippen LogP contribution < -0.4 is 10.6 Å². The molecule has 0 fully saturated rings. The van der Waals surface area contributed by atoms with E-state index in [2.05, 4.69) is 10.6 Å². The zero-order chi connectivity index (χ0) is 9.94. The smallest absolute Gasteiger partial charge is 0.246 e. The molecule has 0 radical (unpaired) electrons. The largest absolute Gasteiger partial charge is 0.396 e. The van der Waals surface area contributed by atoms with Crippen molar-refractivity contribution < 1.29 is 14.6 Å². The highest BCUT2D eigenvalue weighted by Gasteiger charge is 1.98. The molecule has 0 spiro atoms. The molecule has 0 bridgehead atoms. The highest BCUT2D eigenvalue weighted by molar-refractivity contribution is 5.77. The molecule has 1 amide bonds. The van der Waals surface area contributed by atoms with Crippen molar-refractivity contribution in [2.75, 3.05) is 40.0 Å². The summed E-state index contributed by atoms with van der Waals surface area (Å²) in [6, 6.07) is 0. The Bertz CT molecular complexity index is 131. The molecule has 0 aliphatic carbocycles. The summed E-state index contributed by atoms with van der Waals surface area (Å²) < 4.78 is 4.97. The minimum Gasteiger partial charge on any atom is -0.396 e. The number of aliphatic hydroxyl groups excluding tert-OH is 1. The van der Waals surface area contributed by atoms with Crippen LogP contribution in [0.25, 0.3) is 0 Å². The Morgan fingerprint density at radius 3 is 2.85 bits per heavy atom. The predicted molar refractivity (Wildman–Crippen MR) is 49.5 cm³/mol. The quantitative estimate of drug-likeness (QED) is 0.417. The fourth-order valence-electron chi connectivity index (χ4n) is 0.709. The van der Waals surface area contributed by atoms with Crippen LogP contribution in [0.2, 0.25) is 0 Å². The SMILES string of the molecule is CNCCNC(=O)COCCCO. The highest BCUT2D eigenvalue weighted by atomic mass is 16.5. The molecule has 0 atom stereocenters. The number of amides is 1. The highest BCUT2D eigenvalue weighted by Crippen LogP contribution is 1.80. The van der Waals surface area contributed by atoms with Gasteiger partial charge in [0, 0.05) is 26.3 Å². The van der Waals surface area contributed by atoms with E-state index >= 15 is 0 Å². The fourth-order valence-corrected chi connectivity index (χ4v) is 0.709. The van der Waals surface area contributed by atoms with Crippen LogP contribution in [-0.2, 0) is 9.53 Å². The van der Waals surface area contributed by atoms with Crippen molar-refractivity contribution >= 4 is 5.91 Å². The molecule has 0 saturated carbocycles. The Hall–Kier alpha value is -0.650. The maximum Gasteiger partial charge on any atom is 0.246 e. The molecule has 5 nitrogen and oxygen atoms in total. The molecule has 3 N–H and O–H groups in total. The second-order valence-electron chi connectivity index (χ2n) is 2.58. The second kappa shape index (κ2) is 9.44. The minimum absolute atomic E-state index is 0.0731. The molecular formula is C8H18N2O3. The molecular weight excluding hydrogens is 172 g/mol. The van der Waals surface area contributed by atoms with Gasteiger partial charge < -0.3 is 20.5 Å². The van der Waals surface area contributed by atoms with E-state index in [1.807, 2.05) is 7.05 Å². The van der Waals surface area contributed by atoms with Crippen molar-refractivity contribution in [3.8, 4) is 0 Å². The van der Waals surface area contributed by atoms with E-state index in [0.29, 0.717) is 19.6 Å². The van der Waals surface area contributed by atoms with Crippen LogP contribution in [0.3, 0.4) is 0 Å². The lowest BCUT2D eigenvalue weighted by Gasteiger charge is -2.04. The number of hydrogen-bond donors (Lipinski definition) is 3. The number of aliphatic hydroxyl groups is 1. The van der Waals surface area contributed by atoms with Gasteiger partial charge in [-0.05, 0) is 13.5 Å². The van der Waals surface area contributed by atoms with E-state index in [0.717, 1.165) is 6.54 Å². The maximum absolute atomic E-state index is 11.0. The standard InChI is InChI=1S/C8H18N2O3/c1-9-3-4-10-8(12)7-13-6-2-5-11/h9,11H,2-7H2,1H3,(H,10,12). The van der Waals surface area contributed by atoms with Gasteiger partial charge in [-0.3, -0.25) is 4.79 Å². The summed E-state index contributed by atoms with van der Waals surface area (Å²) >= 11 is 0. The Balaban J connectivity index is 3.11. The molecule has 13 heavy (non-hydrogen) atoms. The first-order valence-corrected chi connectivity index (χ1v) is 4.41. The van der Waals surface area contributed by atoms with Gasteiger partial charge in [-0.15, -0.1) is 0 Å². The van der Waals surface area contributed by atoms with Crippen LogP contribution in [0.15, 0.2) is 0 Å². The molecule has 0 aliphatic rings. The van der Waals surface area contributed by atoms with Crippen molar-refractivity contribution in [3.05, 3.63) is 0 Å². The minimum atomic E-state index is -0.117. The molecule has 0 rings (SSSR count). The van der Waals surface area contributed by atoms with Crippen LogP contribution in [0.1, 0.15) is 6.42 Å². The first kappa shape index (κ1) is 12.3. The van der Waals surface area contributed by atoms with Gasteiger partial charge in [0.1, 0.15) is 6.61 Å². The van der Waals surface area contributed by atoms with Crippen LogP contribution in [0.4, 0.5) is 0 Å². The molecule has 0 aliphatic heterocycles. The van der Waals surface area contributed by atoms with Gasteiger partial charge in [0.25, 0.3) is 0 Å². The Morgan fingerprint density at radius 2 is 2.23 bits per heavy atom. The third-order valence-electron chi connectivity index (χ3n) is 1.38. The number of carbonyl (C=O) groups excluding carboxylic acids is 1. The van der Waals surface area contributed by atoms with E-state index in [-0.39, 0.29) is 19.1 Å². The number of likely N-dealkylation sites (N-methyl/N-ethyl adjacent to an activating group) is 1. The molecule has 0 aromatic rings. The lowest BCUT2D eigenvalue weighted by Crippen LogP contribution is -2.33. The van der Waals surface area contributed by atoms with Gasteiger partial charge in [0.2, 0.25) is 5.91 Å². The van der Waals surface area contributed by atoms with Crippen LogP contribution >= 0.6 is 0 Å².